The second kappa shape index (κ2) is 11.4. The third-order valence-electron chi connectivity index (χ3n) is 5.30. The van der Waals surface area contributed by atoms with Crippen LogP contribution in [0.1, 0.15) is 0 Å². The molecule has 0 aromatic heterocycles. The van der Waals surface area contributed by atoms with E-state index in [1.165, 1.54) is 53.9 Å². The second-order valence-corrected chi connectivity index (χ2v) is 9.66. The maximum Gasteiger partial charge on any atom is 0.262 e. The lowest BCUT2D eigenvalue weighted by Crippen LogP contribution is -2.40. The van der Waals surface area contributed by atoms with Crippen LogP contribution >= 0.6 is 0 Å². The molecule has 0 saturated carbocycles. The van der Waals surface area contributed by atoms with E-state index in [-0.39, 0.29) is 36.0 Å². The summed E-state index contributed by atoms with van der Waals surface area (Å²) in [4.78, 5) is 12.7. The molecule has 1 aliphatic rings. The van der Waals surface area contributed by atoms with Gasteiger partial charge in [0.15, 0.2) is 23.9 Å². The standard InChI is InChI=1S/C25H25FN2O7S/c1-32-23-4-2-3-5-24(23)34-17-25(29)27-21-16-20(36(30,31)28-12-14-33-15-13-28)10-11-22(21)35-19-8-6-18(26)7-9-19/h2-11,16H,12-15,17H2,1H3,(H,27,29). The number of benzene rings is 3. The Bertz CT molecular complexity index is 1310. The van der Waals surface area contributed by atoms with Gasteiger partial charge in [-0.15, -0.1) is 0 Å². The smallest absolute Gasteiger partial charge is 0.262 e. The summed E-state index contributed by atoms with van der Waals surface area (Å²) in [6.45, 7) is 0.690. The number of carbonyl (C=O) groups is 1. The number of hydrogen-bond acceptors (Lipinski definition) is 7. The molecule has 4 rings (SSSR count). The molecule has 0 radical (unpaired) electrons. The highest BCUT2D eigenvalue weighted by atomic mass is 32.2. The molecule has 0 unspecified atom stereocenters. The molecule has 3 aromatic rings. The minimum absolute atomic E-state index is 0.0168. The average Bonchev–Trinajstić information content (AvgIpc) is 2.90. The number of carbonyl (C=O) groups excluding carboxylic acids is 1. The number of amides is 1. The van der Waals surface area contributed by atoms with Crippen LogP contribution in [0, 0.1) is 5.82 Å². The fourth-order valence-corrected chi connectivity index (χ4v) is 4.92. The van der Waals surface area contributed by atoms with Gasteiger partial charge in [-0.2, -0.15) is 4.31 Å². The molecule has 1 fully saturated rings. The molecule has 1 N–H and O–H groups in total. The Hall–Kier alpha value is -3.67. The Morgan fingerprint density at radius 3 is 2.39 bits per heavy atom. The van der Waals surface area contributed by atoms with E-state index in [1.54, 1.807) is 24.3 Å². The SMILES string of the molecule is COc1ccccc1OCC(=O)Nc1cc(S(=O)(=O)N2CCOCC2)ccc1Oc1ccc(F)cc1. The van der Waals surface area contributed by atoms with Crippen molar-refractivity contribution in [1.82, 2.24) is 4.31 Å². The van der Waals surface area contributed by atoms with Crippen LogP contribution in [0.5, 0.6) is 23.0 Å². The lowest BCUT2D eigenvalue weighted by Gasteiger charge is -2.26. The second-order valence-electron chi connectivity index (χ2n) is 7.72. The van der Waals surface area contributed by atoms with Gasteiger partial charge in [0.25, 0.3) is 5.91 Å². The number of para-hydroxylation sites is 2. The summed E-state index contributed by atoms with van der Waals surface area (Å²) < 4.78 is 62.8. The molecule has 0 aliphatic carbocycles. The molecule has 36 heavy (non-hydrogen) atoms. The molecule has 9 nitrogen and oxygen atoms in total. The summed E-state index contributed by atoms with van der Waals surface area (Å²) in [5.41, 5.74) is 0.113. The first-order valence-corrected chi connectivity index (χ1v) is 12.5. The summed E-state index contributed by atoms with van der Waals surface area (Å²) in [5.74, 6) is 0.335. The van der Waals surface area contributed by atoms with Gasteiger partial charge >= 0.3 is 0 Å². The largest absolute Gasteiger partial charge is 0.493 e. The van der Waals surface area contributed by atoms with Gasteiger partial charge in [-0.05, 0) is 54.6 Å². The molecule has 0 bridgehead atoms. The lowest BCUT2D eigenvalue weighted by molar-refractivity contribution is -0.118. The number of ether oxygens (including phenoxy) is 4. The third-order valence-corrected chi connectivity index (χ3v) is 7.20. The number of anilines is 1. The van der Waals surface area contributed by atoms with Gasteiger partial charge in [-0.3, -0.25) is 4.79 Å². The van der Waals surface area contributed by atoms with E-state index in [1.807, 2.05) is 0 Å². The molecular formula is C25H25FN2O7S. The Balaban J connectivity index is 1.58. The van der Waals surface area contributed by atoms with Crippen LogP contribution < -0.4 is 19.5 Å². The van der Waals surface area contributed by atoms with Gasteiger partial charge in [-0.1, -0.05) is 12.1 Å². The number of sulfonamides is 1. The van der Waals surface area contributed by atoms with Crippen molar-refractivity contribution in [2.45, 2.75) is 4.90 Å². The zero-order valence-corrected chi connectivity index (χ0v) is 20.3. The highest BCUT2D eigenvalue weighted by Crippen LogP contribution is 2.33. The topological polar surface area (TPSA) is 103 Å². The van der Waals surface area contributed by atoms with E-state index < -0.39 is 21.7 Å². The van der Waals surface area contributed by atoms with Crippen molar-refractivity contribution in [3.63, 3.8) is 0 Å². The van der Waals surface area contributed by atoms with Gasteiger partial charge in [0.1, 0.15) is 11.6 Å². The van der Waals surface area contributed by atoms with Crippen LogP contribution in [0.15, 0.2) is 71.6 Å². The maximum atomic E-state index is 13.3. The average molecular weight is 517 g/mol. The maximum absolute atomic E-state index is 13.3. The number of nitrogens with one attached hydrogen (secondary N) is 1. The van der Waals surface area contributed by atoms with Crippen LogP contribution in [0.2, 0.25) is 0 Å². The number of morpholine rings is 1. The summed E-state index contributed by atoms with van der Waals surface area (Å²) >= 11 is 0. The molecule has 0 spiro atoms. The molecule has 0 atom stereocenters. The van der Waals surface area contributed by atoms with E-state index in [0.717, 1.165) is 0 Å². The first kappa shape index (κ1) is 25.4. The predicted molar refractivity (Wildman–Crippen MR) is 130 cm³/mol. The zero-order chi connectivity index (χ0) is 25.5. The van der Waals surface area contributed by atoms with Crippen LogP contribution in [-0.4, -0.2) is 58.7 Å². The normalized spacial score (nSPS) is 14.2. The van der Waals surface area contributed by atoms with Crippen molar-refractivity contribution >= 4 is 21.6 Å². The van der Waals surface area contributed by atoms with Gasteiger partial charge in [0.2, 0.25) is 10.0 Å². The summed E-state index contributed by atoms with van der Waals surface area (Å²) in [7, 11) is -2.34. The highest BCUT2D eigenvalue weighted by molar-refractivity contribution is 7.89. The van der Waals surface area contributed by atoms with Gasteiger partial charge in [0, 0.05) is 13.1 Å². The zero-order valence-electron chi connectivity index (χ0n) is 19.5. The quantitative estimate of drug-likeness (QED) is 0.463. The van der Waals surface area contributed by atoms with Crippen molar-refractivity contribution in [3.05, 3.63) is 72.5 Å². The van der Waals surface area contributed by atoms with Gasteiger partial charge < -0.3 is 24.3 Å². The van der Waals surface area contributed by atoms with E-state index in [9.17, 15) is 17.6 Å². The third kappa shape index (κ3) is 6.11. The number of halogens is 1. The molecule has 190 valence electrons. The van der Waals surface area contributed by atoms with Gasteiger partial charge in [-0.25, -0.2) is 12.8 Å². The molecule has 1 saturated heterocycles. The van der Waals surface area contributed by atoms with Crippen LogP contribution in [0.25, 0.3) is 0 Å². The molecule has 3 aromatic carbocycles. The minimum Gasteiger partial charge on any atom is -0.493 e. The van der Waals surface area contributed by atoms with Crippen molar-refractivity contribution < 1.29 is 36.6 Å². The Labute approximate surface area is 208 Å². The molecule has 1 amide bonds. The molecule has 1 heterocycles. The van der Waals surface area contributed by atoms with Crippen LogP contribution in [0.4, 0.5) is 10.1 Å². The molecular weight excluding hydrogens is 491 g/mol. The Morgan fingerprint density at radius 1 is 1.00 bits per heavy atom. The molecule has 1 aliphatic heterocycles. The number of hydrogen-bond donors (Lipinski definition) is 1. The Morgan fingerprint density at radius 2 is 1.69 bits per heavy atom. The van der Waals surface area contributed by atoms with E-state index in [2.05, 4.69) is 5.32 Å². The Kier molecular flexibility index (Phi) is 8.04. The fraction of sp³-hybridized carbons (Fsp3) is 0.240. The lowest BCUT2D eigenvalue weighted by atomic mass is 10.2. The minimum atomic E-state index is -3.83. The summed E-state index contributed by atoms with van der Waals surface area (Å²) in [6.07, 6.45) is 0. The van der Waals surface area contributed by atoms with Crippen molar-refractivity contribution in [1.29, 1.82) is 0 Å². The monoisotopic (exact) mass is 516 g/mol. The van der Waals surface area contributed by atoms with Crippen molar-refractivity contribution in [2.75, 3.05) is 45.3 Å². The van der Waals surface area contributed by atoms with Crippen LogP contribution in [-0.2, 0) is 19.6 Å². The van der Waals surface area contributed by atoms with Crippen molar-refractivity contribution in [2.24, 2.45) is 0 Å². The van der Waals surface area contributed by atoms with Crippen LogP contribution in [0.3, 0.4) is 0 Å². The number of nitrogens with zero attached hydrogens (tertiary/aromatic N) is 1. The first-order chi connectivity index (χ1) is 17.4. The fourth-order valence-electron chi connectivity index (χ4n) is 3.49. The van der Waals surface area contributed by atoms with E-state index in [0.29, 0.717) is 30.5 Å². The van der Waals surface area contributed by atoms with E-state index >= 15 is 0 Å². The first-order valence-electron chi connectivity index (χ1n) is 11.1. The number of rotatable bonds is 9. The van der Waals surface area contributed by atoms with E-state index in [4.69, 9.17) is 18.9 Å². The predicted octanol–water partition coefficient (Wildman–Crippen LogP) is 3.67. The van der Waals surface area contributed by atoms with Gasteiger partial charge in [0.05, 0.1) is 30.9 Å². The molecule has 11 heteroatoms. The summed E-state index contributed by atoms with van der Waals surface area (Å²) in [5, 5.41) is 2.65. The number of methoxy groups -OCH3 is 1. The van der Waals surface area contributed by atoms with Crippen molar-refractivity contribution in [3.8, 4) is 23.0 Å². The summed E-state index contributed by atoms with van der Waals surface area (Å²) in [6, 6.07) is 16.3. The highest BCUT2D eigenvalue weighted by Gasteiger charge is 2.27.